The standard InChI is InChI=1S/C22H22BrN3O2S/c23-16-9-11-17(12-10-16)24-22-26-19(14-29-22)21(27)25-18-7-4-8-20(18)28-13-15-5-2-1-3-6-15/h1-3,5-6,9-12,14,18,20H,4,7-8,13H2,(H,24,26)(H,25,27)/t18-,20-/m1/s1. The van der Waals surface area contributed by atoms with E-state index in [2.05, 4.69) is 43.7 Å². The fraction of sp³-hybridized carbons (Fsp3) is 0.273. The summed E-state index contributed by atoms with van der Waals surface area (Å²) in [5, 5.41) is 8.82. The van der Waals surface area contributed by atoms with Crippen LogP contribution in [0.25, 0.3) is 0 Å². The van der Waals surface area contributed by atoms with E-state index in [0.29, 0.717) is 17.4 Å². The molecule has 1 saturated carbocycles. The van der Waals surface area contributed by atoms with Crippen molar-refractivity contribution in [3.8, 4) is 0 Å². The molecule has 4 rings (SSSR count). The molecule has 29 heavy (non-hydrogen) atoms. The molecule has 0 unspecified atom stereocenters. The summed E-state index contributed by atoms with van der Waals surface area (Å²) >= 11 is 4.84. The number of anilines is 2. The second-order valence-electron chi connectivity index (χ2n) is 7.02. The highest BCUT2D eigenvalue weighted by Gasteiger charge is 2.30. The molecule has 0 aliphatic heterocycles. The Hall–Kier alpha value is -2.22. The summed E-state index contributed by atoms with van der Waals surface area (Å²) in [5.74, 6) is -0.148. The van der Waals surface area contributed by atoms with Gasteiger partial charge in [-0.25, -0.2) is 4.98 Å². The largest absolute Gasteiger partial charge is 0.371 e. The Morgan fingerprint density at radius 3 is 2.72 bits per heavy atom. The molecule has 0 spiro atoms. The zero-order valence-electron chi connectivity index (χ0n) is 15.8. The summed E-state index contributed by atoms with van der Waals surface area (Å²) in [6.45, 7) is 0.565. The van der Waals surface area contributed by atoms with Gasteiger partial charge in [0.15, 0.2) is 5.13 Å². The van der Waals surface area contributed by atoms with Gasteiger partial charge in [-0.05, 0) is 49.1 Å². The molecule has 1 aliphatic rings. The number of nitrogens with one attached hydrogen (secondary N) is 2. The van der Waals surface area contributed by atoms with E-state index in [1.54, 1.807) is 5.38 Å². The van der Waals surface area contributed by atoms with E-state index in [0.717, 1.165) is 35.0 Å². The molecule has 5 nitrogen and oxygen atoms in total. The van der Waals surface area contributed by atoms with Gasteiger partial charge >= 0.3 is 0 Å². The quantitative estimate of drug-likeness (QED) is 0.476. The number of carbonyl (C=O) groups excluding carboxylic acids is 1. The lowest BCUT2D eigenvalue weighted by Crippen LogP contribution is -2.41. The Bertz CT molecular complexity index is 946. The Morgan fingerprint density at radius 2 is 1.93 bits per heavy atom. The predicted octanol–water partition coefficient (Wildman–Crippen LogP) is 5.52. The maximum atomic E-state index is 12.7. The Labute approximate surface area is 182 Å². The first-order chi connectivity index (χ1) is 14.2. The van der Waals surface area contributed by atoms with Crippen LogP contribution in [0.3, 0.4) is 0 Å². The molecule has 2 atom stereocenters. The number of benzene rings is 2. The number of rotatable bonds is 7. The van der Waals surface area contributed by atoms with E-state index in [4.69, 9.17) is 4.74 Å². The molecular weight excluding hydrogens is 450 g/mol. The van der Waals surface area contributed by atoms with E-state index in [1.807, 2.05) is 42.5 Å². The summed E-state index contributed by atoms with van der Waals surface area (Å²) < 4.78 is 7.10. The summed E-state index contributed by atoms with van der Waals surface area (Å²) in [4.78, 5) is 17.1. The molecule has 0 bridgehead atoms. The van der Waals surface area contributed by atoms with Crippen LogP contribution >= 0.6 is 27.3 Å². The van der Waals surface area contributed by atoms with Crippen LogP contribution in [0.2, 0.25) is 0 Å². The molecular formula is C22H22BrN3O2S. The molecule has 0 saturated heterocycles. The van der Waals surface area contributed by atoms with Crippen molar-refractivity contribution in [2.24, 2.45) is 0 Å². The van der Waals surface area contributed by atoms with E-state index < -0.39 is 0 Å². The van der Waals surface area contributed by atoms with Crippen LogP contribution in [-0.2, 0) is 11.3 Å². The van der Waals surface area contributed by atoms with Gasteiger partial charge in [-0.15, -0.1) is 11.3 Å². The maximum absolute atomic E-state index is 12.7. The van der Waals surface area contributed by atoms with Gasteiger partial charge in [-0.3, -0.25) is 4.79 Å². The third kappa shape index (κ3) is 5.44. The van der Waals surface area contributed by atoms with Crippen molar-refractivity contribution in [1.29, 1.82) is 0 Å². The van der Waals surface area contributed by atoms with Crippen molar-refractivity contribution in [1.82, 2.24) is 10.3 Å². The van der Waals surface area contributed by atoms with Gasteiger partial charge in [0.1, 0.15) is 5.69 Å². The first-order valence-electron chi connectivity index (χ1n) is 9.62. The van der Waals surface area contributed by atoms with Crippen LogP contribution in [0, 0.1) is 0 Å². The average Bonchev–Trinajstić information content (AvgIpc) is 3.38. The average molecular weight is 472 g/mol. The first-order valence-corrected chi connectivity index (χ1v) is 11.3. The molecule has 150 valence electrons. The monoisotopic (exact) mass is 471 g/mol. The van der Waals surface area contributed by atoms with Crippen LogP contribution in [0.5, 0.6) is 0 Å². The molecule has 1 amide bonds. The Morgan fingerprint density at radius 1 is 1.14 bits per heavy atom. The number of nitrogens with zero attached hydrogens (tertiary/aromatic N) is 1. The highest BCUT2D eigenvalue weighted by Crippen LogP contribution is 2.25. The van der Waals surface area contributed by atoms with Crippen molar-refractivity contribution in [2.75, 3.05) is 5.32 Å². The summed E-state index contributed by atoms with van der Waals surface area (Å²) in [6.07, 6.45) is 2.99. The molecule has 2 N–H and O–H groups in total. The molecule has 3 aromatic rings. The fourth-order valence-corrected chi connectivity index (χ4v) is 4.38. The van der Waals surface area contributed by atoms with E-state index in [-0.39, 0.29) is 18.1 Å². The number of thiazole rings is 1. The lowest BCUT2D eigenvalue weighted by atomic mass is 10.2. The van der Waals surface area contributed by atoms with E-state index in [1.165, 1.54) is 11.3 Å². The van der Waals surface area contributed by atoms with Gasteiger partial charge in [0.05, 0.1) is 18.8 Å². The summed E-state index contributed by atoms with van der Waals surface area (Å²) in [5.41, 5.74) is 2.51. The normalized spacial score (nSPS) is 18.5. The smallest absolute Gasteiger partial charge is 0.271 e. The second kappa shape index (κ2) is 9.52. The number of ether oxygens (including phenoxy) is 1. The summed E-state index contributed by atoms with van der Waals surface area (Å²) in [6, 6.07) is 18.0. The SMILES string of the molecule is O=C(N[C@@H]1CCC[C@H]1OCc1ccccc1)c1csc(Nc2ccc(Br)cc2)n1. The molecule has 0 radical (unpaired) electrons. The molecule has 1 aliphatic carbocycles. The van der Waals surface area contributed by atoms with Gasteiger partial charge in [0.2, 0.25) is 0 Å². The second-order valence-corrected chi connectivity index (χ2v) is 8.79. The van der Waals surface area contributed by atoms with Crippen molar-refractivity contribution in [2.45, 2.75) is 38.0 Å². The third-order valence-corrected chi connectivity index (χ3v) is 6.19. The minimum atomic E-state index is -0.148. The lowest BCUT2D eigenvalue weighted by Gasteiger charge is -2.21. The van der Waals surface area contributed by atoms with Crippen LogP contribution in [0.1, 0.15) is 35.3 Å². The van der Waals surface area contributed by atoms with Crippen LogP contribution < -0.4 is 10.6 Å². The summed E-state index contributed by atoms with van der Waals surface area (Å²) in [7, 11) is 0. The van der Waals surface area contributed by atoms with Crippen molar-refractivity contribution >= 4 is 44.0 Å². The third-order valence-electron chi connectivity index (χ3n) is 4.91. The number of halogens is 1. The number of hydrogen-bond donors (Lipinski definition) is 2. The zero-order chi connectivity index (χ0) is 20.1. The molecule has 1 heterocycles. The minimum Gasteiger partial charge on any atom is -0.371 e. The predicted molar refractivity (Wildman–Crippen MR) is 120 cm³/mol. The lowest BCUT2D eigenvalue weighted by molar-refractivity contribution is 0.0271. The zero-order valence-corrected chi connectivity index (χ0v) is 18.2. The molecule has 1 aromatic heterocycles. The van der Waals surface area contributed by atoms with Crippen molar-refractivity contribution < 1.29 is 9.53 Å². The van der Waals surface area contributed by atoms with Gasteiger partial charge in [0, 0.05) is 15.5 Å². The highest BCUT2D eigenvalue weighted by atomic mass is 79.9. The van der Waals surface area contributed by atoms with Crippen LogP contribution in [0.4, 0.5) is 10.8 Å². The van der Waals surface area contributed by atoms with Gasteiger partial charge in [0.25, 0.3) is 5.91 Å². The maximum Gasteiger partial charge on any atom is 0.271 e. The number of carbonyl (C=O) groups is 1. The van der Waals surface area contributed by atoms with Gasteiger partial charge in [-0.1, -0.05) is 46.3 Å². The van der Waals surface area contributed by atoms with Gasteiger partial charge in [-0.2, -0.15) is 0 Å². The highest BCUT2D eigenvalue weighted by molar-refractivity contribution is 9.10. The van der Waals surface area contributed by atoms with Crippen molar-refractivity contribution in [3.63, 3.8) is 0 Å². The number of amides is 1. The fourth-order valence-electron chi connectivity index (χ4n) is 3.40. The van der Waals surface area contributed by atoms with E-state index >= 15 is 0 Å². The van der Waals surface area contributed by atoms with Crippen molar-refractivity contribution in [3.05, 3.63) is 75.7 Å². The number of aromatic nitrogens is 1. The van der Waals surface area contributed by atoms with Crippen LogP contribution in [-0.4, -0.2) is 23.0 Å². The van der Waals surface area contributed by atoms with Crippen LogP contribution in [0.15, 0.2) is 64.5 Å². The topological polar surface area (TPSA) is 63.2 Å². The van der Waals surface area contributed by atoms with Gasteiger partial charge < -0.3 is 15.4 Å². The first kappa shape index (κ1) is 20.1. The Kier molecular flexibility index (Phi) is 6.59. The Balaban J connectivity index is 1.32. The minimum absolute atomic E-state index is 0.0239. The molecule has 1 fully saturated rings. The number of hydrogen-bond acceptors (Lipinski definition) is 5. The molecule has 7 heteroatoms. The van der Waals surface area contributed by atoms with E-state index in [9.17, 15) is 4.79 Å². The molecule has 2 aromatic carbocycles.